The van der Waals surface area contributed by atoms with E-state index in [9.17, 15) is 4.79 Å². The zero-order valence-electron chi connectivity index (χ0n) is 15.1. The minimum absolute atomic E-state index is 0.262. The molecule has 4 nitrogen and oxygen atoms in total. The van der Waals surface area contributed by atoms with Crippen LogP contribution in [0.2, 0.25) is 0 Å². The highest BCUT2D eigenvalue weighted by Gasteiger charge is 2.58. The molecule has 1 unspecified atom stereocenters. The fourth-order valence-corrected chi connectivity index (χ4v) is 4.67. The standard InChI is InChI=1S/C21H30N2O2/c24-20(19-14-21(19)8-10-22-11-9-21)23(15-17-4-2-1-3-5-17)16-18-6-12-25-13-7-18/h1-5,18-19,22H,6-16H2. The maximum absolute atomic E-state index is 13.3. The zero-order chi connectivity index (χ0) is 17.1. The second-order valence-electron chi connectivity index (χ2n) is 8.13. The number of nitrogens with zero attached hydrogens (tertiary/aromatic N) is 1. The van der Waals surface area contributed by atoms with Gasteiger partial charge in [-0.15, -0.1) is 0 Å². The molecule has 1 spiro atoms. The Morgan fingerprint density at radius 2 is 1.88 bits per heavy atom. The molecule has 25 heavy (non-hydrogen) atoms. The largest absolute Gasteiger partial charge is 0.381 e. The Morgan fingerprint density at radius 3 is 2.60 bits per heavy atom. The van der Waals surface area contributed by atoms with Crippen molar-refractivity contribution >= 4 is 5.91 Å². The van der Waals surface area contributed by atoms with E-state index in [1.807, 2.05) is 6.07 Å². The second kappa shape index (κ2) is 7.46. The van der Waals surface area contributed by atoms with Crippen LogP contribution in [0.3, 0.4) is 0 Å². The summed E-state index contributed by atoms with van der Waals surface area (Å²) in [5.41, 5.74) is 1.55. The Hall–Kier alpha value is -1.39. The summed E-state index contributed by atoms with van der Waals surface area (Å²) in [6, 6.07) is 10.4. The van der Waals surface area contributed by atoms with E-state index in [1.54, 1.807) is 0 Å². The summed E-state index contributed by atoms with van der Waals surface area (Å²) >= 11 is 0. The predicted octanol–water partition coefficient (Wildman–Crippen LogP) is 2.83. The first kappa shape index (κ1) is 17.0. The molecule has 1 N–H and O–H groups in total. The molecule has 2 saturated heterocycles. The number of amides is 1. The molecule has 0 radical (unpaired) electrons. The number of hydrogen-bond acceptors (Lipinski definition) is 3. The van der Waals surface area contributed by atoms with Crippen LogP contribution in [0, 0.1) is 17.3 Å². The first-order valence-corrected chi connectivity index (χ1v) is 9.88. The molecule has 4 rings (SSSR count). The quantitative estimate of drug-likeness (QED) is 0.895. The number of rotatable bonds is 5. The van der Waals surface area contributed by atoms with E-state index in [1.165, 1.54) is 18.4 Å². The third kappa shape index (κ3) is 3.90. The van der Waals surface area contributed by atoms with Crippen LogP contribution in [-0.4, -0.2) is 43.7 Å². The predicted molar refractivity (Wildman–Crippen MR) is 98.0 cm³/mol. The number of ether oxygens (including phenoxy) is 1. The topological polar surface area (TPSA) is 41.6 Å². The van der Waals surface area contributed by atoms with Crippen LogP contribution in [0.4, 0.5) is 0 Å². The summed E-state index contributed by atoms with van der Waals surface area (Å²) in [5.74, 6) is 1.25. The average molecular weight is 342 g/mol. The molecule has 1 saturated carbocycles. The first-order chi connectivity index (χ1) is 12.3. The molecule has 1 amide bonds. The molecule has 1 aromatic carbocycles. The molecule has 136 valence electrons. The maximum atomic E-state index is 13.3. The smallest absolute Gasteiger partial charge is 0.226 e. The van der Waals surface area contributed by atoms with E-state index < -0.39 is 0 Å². The van der Waals surface area contributed by atoms with Gasteiger partial charge in [-0.3, -0.25) is 4.79 Å². The van der Waals surface area contributed by atoms with E-state index in [-0.39, 0.29) is 5.92 Å². The van der Waals surface area contributed by atoms with Gasteiger partial charge in [0.25, 0.3) is 0 Å². The normalized spacial score (nSPS) is 25.7. The van der Waals surface area contributed by atoms with E-state index in [2.05, 4.69) is 34.5 Å². The second-order valence-corrected chi connectivity index (χ2v) is 8.13. The third-order valence-electron chi connectivity index (χ3n) is 6.43. The monoisotopic (exact) mass is 342 g/mol. The number of carbonyl (C=O) groups excluding carboxylic acids is 1. The summed E-state index contributed by atoms with van der Waals surface area (Å²) < 4.78 is 5.50. The molecule has 0 aromatic heterocycles. The van der Waals surface area contributed by atoms with Crippen LogP contribution in [0.1, 0.15) is 37.7 Å². The lowest BCUT2D eigenvalue weighted by Gasteiger charge is -2.31. The van der Waals surface area contributed by atoms with Crippen molar-refractivity contribution in [1.29, 1.82) is 0 Å². The average Bonchev–Trinajstić information content (AvgIpc) is 3.35. The molecule has 2 aliphatic heterocycles. The van der Waals surface area contributed by atoms with Crippen LogP contribution in [0.15, 0.2) is 30.3 Å². The summed E-state index contributed by atoms with van der Waals surface area (Å²) in [6.07, 6.45) is 5.60. The van der Waals surface area contributed by atoms with Crippen molar-refractivity contribution in [3.63, 3.8) is 0 Å². The van der Waals surface area contributed by atoms with E-state index in [0.29, 0.717) is 17.2 Å². The highest BCUT2D eigenvalue weighted by atomic mass is 16.5. The van der Waals surface area contributed by atoms with Crippen LogP contribution < -0.4 is 5.32 Å². The van der Waals surface area contributed by atoms with Crippen molar-refractivity contribution in [1.82, 2.24) is 10.2 Å². The lowest BCUT2D eigenvalue weighted by atomic mass is 9.91. The maximum Gasteiger partial charge on any atom is 0.226 e. The molecule has 0 bridgehead atoms. The number of carbonyl (C=O) groups is 1. The Labute approximate surface area is 150 Å². The molecule has 3 aliphatic rings. The summed E-state index contributed by atoms with van der Waals surface area (Å²) in [5, 5.41) is 3.44. The molecular weight excluding hydrogens is 312 g/mol. The lowest BCUT2D eigenvalue weighted by Crippen LogP contribution is -2.39. The fourth-order valence-electron chi connectivity index (χ4n) is 4.67. The third-order valence-corrected chi connectivity index (χ3v) is 6.43. The van der Waals surface area contributed by atoms with Gasteiger partial charge >= 0.3 is 0 Å². The van der Waals surface area contributed by atoms with E-state index in [4.69, 9.17) is 4.74 Å². The summed E-state index contributed by atoms with van der Waals surface area (Å²) in [7, 11) is 0. The number of benzene rings is 1. The van der Waals surface area contributed by atoms with Crippen molar-refractivity contribution in [3.8, 4) is 0 Å². The summed E-state index contributed by atoms with van der Waals surface area (Å²) in [4.78, 5) is 15.5. The van der Waals surface area contributed by atoms with E-state index >= 15 is 0 Å². The highest BCUT2D eigenvalue weighted by molar-refractivity contribution is 5.82. The van der Waals surface area contributed by atoms with Crippen LogP contribution in [0.25, 0.3) is 0 Å². The van der Waals surface area contributed by atoms with Crippen molar-refractivity contribution in [3.05, 3.63) is 35.9 Å². The molecule has 3 fully saturated rings. The molecule has 4 heteroatoms. The van der Waals surface area contributed by atoms with Crippen molar-refractivity contribution < 1.29 is 9.53 Å². The molecular formula is C21H30N2O2. The van der Waals surface area contributed by atoms with Gasteiger partial charge in [0.15, 0.2) is 0 Å². The van der Waals surface area contributed by atoms with Gasteiger partial charge in [-0.25, -0.2) is 0 Å². The molecule has 2 heterocycles. The summed E-state index contributed by atoms with van der Waals surface area (Å²) in [6.45, 7) is 5.47. The van der Waals surface area contributed by atoms with Crippen molar-refractivity contribution in [2.75, 3.05) is 32.8 Å². The van der Waals surface area contributed by atoms with Crippen molar-refractivity contribution in [2.45, 2.75) is 38.6 Å². The SMILES string of the molecule is O=C(C1CC12CCNCC2)N(Cc1ccccc1)CC1CCOCC1. The Bertz CT molecular complexity index is 577. The minimum Gasteiger partial charge on any atom is -0.381 e. The molecule has 1 atom stereocenters. The first-order valence-electron chi connectivity index (χ1n) is 9.88. The zero-order valence-corrected chi connectivity index (χ0v) is 15.1. The minimum atomic E-state index is 0.262. The Morgan fingerprint density at radius 1 is 1.16 bits per heavy atom. The van der Waals surface area contributed by atoms with Crippen LogP contribution in [0.5, 0.6) is 0 Å². The van der Waals surface area contributed by atoms with Gasteiger partial charge < -0.3 is 15.0 Å². The highest BCUT2D eigenvalue weighted by Crippen LogP contribution is 2.59. The Kier molecular flexibility index (Phi) is 5.09. The van der Waals surface area contributed by atoms with Gasteiger partial charge in [0, 0.05) is 32.2 Å². The van der Waals surface area contributed by atoms with Gasteiger partial charge in [-0.05, 0) is 62.1 Å². The molecule has 1 aliphatic carbocycles. The molecule has 1 aromatic rings. The van der Waals surface area contributed by atoms with Gasteiger partial charge in [0.1, 0.15) is 0 Å². The number of piperidine rings is 1. The number of hydrogen-bond donors (Lipinski definition) is 1. The Balaban J connectivity index is 1.45. The van der Waals surface area contributed by atoms with Gasteiger partial charge in [-0.1, -0.05) is 30.3 Å². The van der Waals surface area contributed by atoms with Crippen LogP contribution >= 0.6 is 0 Å². The van der Waals surface area contributed by atoms with Crippen LogP contribution in [-0.2, 0) is 16.1 Å². The fraction of sp³-hybridized carbons (Fsp3) is 0.667. The van der Waals surface area contributed by atoms with E-state index in [0.717, 1.165) is 58.7 Å². The van der Waals surface area contributed by atoms with Gasteiger partial charge in [0.2, 0.25) is 5.91 Å². The van der Waals surface area contributed by atoms with Gasteiger partial charge in [-0.2, -0.15) is 0 Å². The van der Waals surface area contributed by atoms with Gasteiger partial charge in [0.05, 0.1) is 0 Å². The number of nitrogens with one attached hydrogen (secondary N) is 1. The van der Waals surface area contributed by atoms with Crippen molar-refractivity contribution in [2.24, 2.45) is 17.3 Å². The lowest BCUT2D eigenvalue weighted by molar-refractivity contribution is -0.135.